The number of thiophene rings is 1. The molecule has 0 bridgehead atoms. The molecule has 18 heavy (non-hydrogen) atoms. The van der Waals surface area contributed by atoms with Gasteiger partial charge >= 0.3 is 0 Å². The second-order valence-corrected chi connectivity index (χ2v) is 6.44. The molecule has 3 rings (SSSR count). The Morgan fingerprint density at radius 2 is 2.00 bits per heavy atom. The Balaban J connectivity index is 2.15. The summed E-state index contributed by atoms with van der Waals surface area (Å²) in [4.78, 5) is 24.5. The lowest BCUT2D eigenvalue weighted by Crippen LogP contribution is -2.02. The van der Waals surface area contributed by atoms with E-state index in [9.17, 15) is 9.59 Å². The van der Waals surface area contributed by atoms with Crippen LogP contribution in [-0.2, 0) is 5.75 Å². The zero-order valence-corrected chi connectivity index (χ0v) is 11.4. The molecule has 0 fully saturated rings. The second-order valence-electron chi connectivity index (χ2n) is 4.14. The summed E-state index contributed by atoms with van der Waals surface area (Å²) >= 11 is 3.06. The highest BCUT2D eigenvalue weighted by atomic mass is 32.2. The van der Waals surface area contributed by atoms with Crippen LogP contribution in [0.15, 0.2) is 34.5 Å². The van der Waals surface area contributed by atoms with Gasteiger partial charge in [-0.05, 0) is 18.6 Å². The van der Waals surface area contributed by atoms with E-state index in [0.29, 0.717) is 10.4 Å². The van der Waals surface area contributed by atoms with Crippen LogP contribution in [-0.4, -0.2) is 11.6 Å². The van der Waals surface area contributed by atoms with Gasteiger partial charge in [0.2, 0.25) is 0 Å². The quantitative estimate of drug-likeness (QED) is 0.742. The number of carbonyl (C=O) groups excluding carboxylic acids is 2. The van der Waals surface area contributed by atoms with Crippen LogP contribution in [0, 0.1) is 0 Å². The Labute approximate surface area is 113 Å². The molecule has 2 heterocycles. The lowest BCUT2D eigenvalue weighted by Gasteiger charge is -2.02. The zero-order valence-electron chi connectivity index (χ0n) is 9.73. The van der Waals surface area contributed by atoms with Crippen molar-refractivity contribution in [3.05, 3.63) is 51.9 Å². The molecule has 4 heteroatoms. The first-order chi connectivity index (χ1) is 8.66. The normalized spacial score (nSPS) is 13.7. The van der Waals surface area contributed by atoms with Gasteiger partial charge in [-0.15, -0.1) is 23.1 Å². The summed E-state index contributed by atoms with van der Waals surface area (Å²) in [5.41, 5.74) is 2.51. The molecule has 1 aliphatic rings. The molecular formula is C14H10O2S2. The van der Waals surface area contributed by atoms with Crippen molar-refractivity contribution in [2.75, 3.05) is 0 Å². The largest absolute Gasteiger partial charge is 0.294 e. The van der Waals surface area contributed by atoms with Crippen LogP contribution >= 0.6 is 23.1 Å². The van der Waals surface area contributed by atoms with E-state index in [1.807, 2.05) is 24.3 Å². The molecule has 0 N–H and O–H groups in total. The van der Waals surface area contributed by atoms with Gasteiger partial charge in [-0.2, -0.15) is 0 Å². The summed E-state index contributed by atoms with van der Waals surface area (Å²) in [7, 11) is 0. The van der Waals surface area contributed by atoms with Crippen molar-refractivity contribution in [3.63, 3.8) is 0 Å². The van der Waals surface area contributed by atoms with E-state index in [1.54, 1.807) is 17.8 Å². The molecule has 0 aliphatic carbocycles. The molecule has 1 aliphatic heterocycles. The minimum absolute atomic E-state index is 0.0229. The Kier molecular flexibility index (Phi) is 2.84. The van der Waals surface area contributed by atoms with Crippen molar-refractivity contribution in [1.29, 1.82) is 0 Å². The van der Waals surface area contributed by atoms with Gasteiger partial charge in [0.1, 0.15) is 0 Å². The molecule has 1 aromatic carbocycles. The Bertz CT molecular complexity index is 656. The van der Waals surface area contributed by atoms with Gasteiger partial charge in [-0.3, -0.25) is 9.59 Å². The fourth-order valence-corrected chi connectivity index (χ4v) is 4.28. The van der Waals surface area contributed by atoms with Crippen molar-refractivity contribution in [3.8, 4) is 0 Å². The van der Waals surface area contributed by atoms with Crippen molar-refractivity contribution < 1.29 is 9.59 Å². The maximum atomic E-state index is 12.4. The Morgan fingerprint density at radius 3 is 2.78 bits per heavy atom. The van der Waals surface area contributed by atoms with Crippen molar-refractivity contribution >= 4 is 34.7 Å². The van der Waals surface area contributed by atoms with Gasteiger partial charge < -0.3 is 0 Å². The molecule has 0 radical (unpaired) electrons. The van der Waals surface area contributed by atoms with Crippen LogP contribution in [0.1, 0.15) is 38.1 Å². The highest BCUT2D eigenvalue weighted by Crippen LogP contribution is 2.39. The first kappa shape index (κ1) is 11.7. The van der Waals surface area contributed by atoms with Gasteiger partial charge in [0.15, 0.2) is 11.6 Å². The molecule has 90 valence electrons. The monoisotopic (exact) mass is 274 g/mol. The molecule has 2 aromatic rings. The summed E-state index contributed by atoms with van der Waals surface area (Å²) in [5.74, 6) is 0.844. The van der Waals surface area contributed by atoms with Gasteiger partial charge in [-0.25, -0.2) is 0 Å². The van der Waals surface area contributed by atoms with E-state index in [2.05, 4.69) is 0 Å². The number of rotatable bonds is 1. The zero-order chi connectivity index (χ0) is 12.7. The van der Waals surface area contributed by atoms with Gasteiger partial charge in [0.25, 0.3) is 0 Å². The van der Waals surface area contributed by atoms with Crippen LogP contribution in [0.25, 0.3) is 0 Å². The van der Waals surface area contributed by atoms with Crippen LogP contribution in [0.4, 0.5) is 0 Å². The summed E-state index contributed by atoms with van der Waals surface area (Å²) in [6, 6.07) is 9.42. The standard InChI is InChI=1S/C14H10O2S2/c1-8(15)12-6-11-13(16)10-5-3-2-4-9(10)7-17-14(11)18-12/h2-6H,7H2,1H3. The third-order valence-corrected chi connectivity index (χ3v) is 5.48. The fourth-order valence-electron chi connectivity index (χ4n) is 1.97. The molecule has 0 amide bonds. The topological polar surface area (TPSA) is 34.1 Å². The third-order valence-electron chi connectivity index (χ3n) is 2.91. The van der Waals surface area contributed by atoms with Crippen LogP contribution < -0.4 is 0 Å². The lowest BCUT2D eigenvalue weighted by atomic mass is 10.0. The molecule has 0 atom stereocenters. The lowest BCUT2D eigenvalue weighted by molar-refractivity contribution is 0.102. The molecular weight excluding hydrogens is 264 g/mol. The highest BCUT2D eigenvalue weighted by molar-refractivity contribution is 8.00. The number of ketones is 2. The maximum Gasteiger partial charge on any atom is 0.195 e. The number of hydrogen-bond donors (Lipinski definition) is 0. The molecule has 1 aromatic heterocycles. The number of thioether (sulfide) groups is 1. The number of hydrogen-bond acceptors (Lipinski definition) is 4. The van der Waals surface area contributed by atoms with Crippen molar-refractivity contribution in [1.82, 2.24) is 0 Å². The SMILES string of the molecule is CC(=O)c1cc2c(s1)SCc1ccccc1C2=O. The van der Waals surface area contributed by atoms with E-state index in [0.717, 1.165) is 21.1 Å². The highest BCUT2D eigenvalue weighted by Gasteiger charge is 2.24. The van der Waals surface area contributed by atoms with Crippen molar-refractivity contribution in [2.45, 2.75) is 16.9 Å². The maximum absolute atomic E-state index is 12.4. The average Bonchev–Trinajstić information content (AvgIpc) is 2.75. The molecule has 0 spiro atoms. The predicted molar refractivity (Wildman–Crippen MR) is 73.8 cm³/mol. The van der Waals surface area contributed by atoms with E-state index in [4.69, 9.17) is 0 Å². The summed E-state index contributed by atoms with van der Waals surface area (Å²) in [5, 5.41) is 0. The minimum atomic E-state index is 0.0229. The molecule has 0 saturated heterocycles. The summed E-state index contributed by atoms with van der Waals surface area (Å²) < 4.78 is 0.960. The van der Waals surface area contributed by atoms with Crippen LogP contribution in [0.3, 0.4) is 0 Å². The first-order valence-corrected chi connectivity index (χ1v) is 7.37. The van der Waals surface area contributed by atoms with Gasteiger partial charge in [-0.1, -0.05) is 24.3 Å². The predicted octanol–water partition coefficient (Wildman–Crippen LogP) is 3.79. The third kappa shape index (κ3) is 1.82. The smallest absolute Gasteiger partial charge is 0.195 e. The number of fused-ring (bicyclic) bond motifs is 2. The van der Waals surface area contributed by atoms with E-state index in [-0.39, 0.29) is 11.6 Å². The fraction of sp³-hybridized carbons (Fsp3) is 0.143. The minimum Gasteiger partial charge on any atom is -0.294 e. The number of benzene rings is 1. The van der Waals surface area contributed by atoms with E-state index in [1.165, 1.54) is 18.3 Å². The average molecular weight is 274 g/mol. The summed E-state index contributed by atoms with van der Waals surface area (Å²) in [6.45, 7) is 1.54. The molecule has 2 nitrogen and oxygen atoms in total. The van der Waals surface area contributed by atoms with E-state index >= 15 is 0 Å². The number of Topliss-reactive ketones (excluding diaryl/α,β-unsaturated/α-hetero) is 1. The second kappa shape index (κ2) is 4.37. The van der Waals surface area contributed by atoms with E-state index < -0.39 is 0 Å². The van der Waals surface area contributed by atoms with Crippen LogP contribution in [0.5, 0.6) is 0 Å². The van der Waals surface area contributed by atoms with Gasteiger partial charge in [0, 0.05) is 16.9 Å². The first-order valence-electron chi connectivity index (χ1n) is 5.57. The van der Waals surface area contributed by atoms with Crippen LogP contribution in [0.2, 0.25) is 0 Å². The summed E-state index contributed by atoms with van der Waals surface area (Å²) in [6.07, 6.45) is 0. The molecule has 0 saturated carbocycles. The molecule has 0 unspecified atom stereocenters. The van der Waals surface area contributed by atoms with Gasteiger partial charge in [0.05, 0.1) is 9.09 Å². The van der Waals surface area contributed by atoms with Crippen molar-refractivity contribution in [2.24, 2.45) is 0 Å². The number of carbonyl (C=O) groups is 2. The Morgan fingerprint density at radius 1 is 1.22 bits per heavy atom. The Hall–Kier alpha value is -1.39.